The molecule has 0 saturated carbocycles. The van der Waals surface area contributed by atoms with Gasteiger partial charge in [-0.15, -0.1) is 0 Å². The highest BCUT2D eigenvalue weighted by Crippen LogP contribution is 2.46. The maximum absolute atomic E-state index is 2.35. The van der Waals surface area contributed by atoms with Gasteiger partial charge < -0.3 is 0 Å². The fourth-order valence-electron chi connectivity index (χ4n) is 4.49. The minimum absolute atomic E-state index is 0.0645. The summed E-state index contributed by atoms with van der Waals surface area (Å²) in [6.45, 7) is 14.1. The Balaban J connectivity index is 2.43. The van der Waals surface area contributed by atoms with Crippen molar-refractivity contribution in [2.45, 2.75) is 52.4 Å². The van der Waals surface area contributed by atoms with E-state index in [1.807, 2.05) is 0 Å². The van der Waals surface area contributed by atoms with Gasteiger partial charge in [0.25, 0.3) is 0 Å². The van der Waals surface area contributed by atoms with Crippen LogP contribution in [0.5, 0.6) is 0 Å². The van der Waals surface area contributed by atoms with Crippen molar-refractivity contribution >= 4 is 32.3 Å². The van der Waals surface area contributed by atoms with Crippen LogP contribution in [0.3, 0.4) is 0 Å². The molecular weight excluding hydrogens is 312 g/mol. The quantitative estimate of drug-likeness (QED) is 0.287. The minimum atomic E-state index is 0.0645. The first-order chi connectivity index (χ1) is 12.2. The molecule has 0 amide bonds. The Labute approximate surface area is 156 Å². The molecule has 0 saturated heterocycles. The normalized spacial score (nSPS) is 13.0. The first-order valence-corrected chi connectivity index (χ1v) is 9.57. The second-order valence-electron chi connectivity index (χ2n) is 9.50. The van der Waals surface area contributed by atoms with Crippen LogP contribution in [-0.4, -0.2) is 0 Å². The zero-order valence-corrected chi connectivity index (χ0v) is 16.8. The molecule has 4 rings (SSSR count). The maximum Gasteiger partial charge on any atom is -0.00586 e. The van der Waals surface area contributed by atoms with Crippen LogP contribution < -0.4 is 0 Å². The van der Waals surface area contributed by atoms with Crippen LogP contribution in [0.4, 0.5) is 0 Å². The van der Waals surface area contributed by atoms with Gasteiger partial charge in [-0.2, -0.15) is 0 Å². The molecule has 0 fully saturated rings. The topological polar surface area (TPSA) is 0 Å². The lowest BCUT2D eigenvalue weighted by molar-refractivity contribution is 0.539. The van der Waals surface area contributed by atoms with Crippen molar-refractivity contribution in [3.8, 4) is 0 Å². The van der Waals surface area contributed by atoms with E-state index in [1.54, 1.807) is 0 Å². The Hall–Kier alpha value is -2.34. The molecule has 4 aromatic rings. The van der Waals surface area contributed by atoms with E-state index in [1.165, 1.54) is 43.4 Å². The molecule has 0 aromatic heterocycles. The largest absolute Gasteiger partial charge is 0.0616 e. The Bertz CT molecular complexity index is 1130. The van der Waals surface area contributed by atoms with Crippen molar-refractivity contribution in [3.63, 3.8) is 0 Å². The van der Waals surface area contributed by atoms with Gasteiger partial charge in [-0.1, -0.05) is 102 Å². The van der Waals surface area contributed by atoms with Gasteiger partial charge >= 0.3 is 0 Å². The van der Waals surface area contributed by atoms with E-state index in [4.69, 9.17) is 0 Å². The van der Waals surface area contributed by atoms with Crippen molar-refractivity contribution in [2.75, 3.05) is 0 Å². The van der Waals surface area contributed by atoms with E-state index < -0.39 is 0 Å². The number of hydrogen-bond donors (Lipinski definition) is 0. The van der Waals surface area contributed by atoms with Gasteiger partial charge in [0.15, 0.2) is 0 Å². The monoisotopic (exact) mass is 340 g/mol. The average Bonchev–Trinajstić information content (AvgIpc) is 2.58. The SMILES string of the molecule is CC(C)(C)c1c(C(C)(C)C)c2c3ccccc3ccc2c2ccccc12. The van der Waals surface area contributed by atoms with Crippen LogP contribution in [0, 0.1) is 0 Å². The van der Waals surface area contributed by atoms with Gasteiger partial charge in [-0.25, -0.2) is 0 Å². The lowest BCUT2D eigenvalue weighted by Gasteiger charge is -2.34. The number of hydrogen-bond acceptors (Lipinski definition) is 0. The third kappa shape index (κ3) is 2.51. The highest BCUT2D eigenvalue weighted by atomic mass is 14.3. The standard InChI is InChI=1S/C26H28/c1-25(2,3)23-21-14-10-9-13-19(21)20-16-15-17-11-7-8-12-18(17)22(20)24(23)26(4,5)6/h7-16H,1-6H3. The molecule has 0 aliphatic carbocycles. The summed E-state index contributed by atoms with van der Waals surface area (Å²) in [5, 5.41) is 8.25. The summed E-state index contributed by atoms with van der Waals surface area (Å²) in [4.78, 5) is 0. The second-order valence-corrected chi connectivity index (χ2v) is 9.50. The molecule has 0 aliphatic heterocycles. The third-order valence-electron chi connectivity index (χ3n) is 5.42. The highest BCUT2D eigenvalue weighted by Gasteiger charge is 2.30. The molecule has 132 valence electrons. The summed E-state index contributed by atoms with van der Waals surface area (Å²) in [6, 6.07) is 22.3. The zero-order valence-electron chi connectivity index (χ0n) is 16.8. The van der Waals surface area contributed by atoms with Crippen molar-refractivity contribution in [1.29, 1.82) is 0 Å². The third-order valence-corrected chi connectivity index (χ3v) is 5.42. The highest BCUT2D eigenvalue weighted by molar-refractivity contribution is 6.20. The van der Waals surface area contributed by atoms with Crippen LogP contribution in [0.25, 0.3) is 32.3 Å². The molecule has 0 unspecified atom stereocenters. The van der Waals surface area contributed by atoms with E-state index in [9.17, 15) is 0 Å². The molecule has 26 heavy (non-hydrogen) atoms. The molecule has 0 nitrogen and oxygen atoms in total. The molecule has 0 heterocycles. The Morgan fingerprint density at radius 2 is 1.00 bits per heavy atom. The number of fused-ring (bicyclic) bond motifs is 5. The molecule has 0 bridgehead atoms. The van der Waals surface area contributed by atoms with Gasteiger partial charge in [0, 0.05) is 0 Å². The summed E-state index contributed by atoms with van der Waals surface area (Å²) in [7, 11) is 0. The Morgan fingerprint density at radius 1 is 0.462 bits per heavy atom. The van der Waals surface area contributed by atoms with Gasteiger partial charge in [0.1, 0.15) is 0 Å². The van der Waals surface area contributed by atoms with E-state index in [0.29, 0.717) is 0 Å². The summed E-state index contributed by atoms with van der Waals surface area (Å²) in [5.74, 6) is 0. The molecule has 0 aliphatic rings. The summed E-state index contributed by atoms with van der Waals surface area (Å²) < 4.78 is 0. The van der Waals surface area contributed by atoms with Crippen molar-refractivity contribution in [1.82, 2.24) is 0 Å². The zero-order chi connectivity index (χ0) is 18.7. The van der Waals surface area contributed by atoms with Crippen LogP contribution in [0.2, 0.25) is 0 Å². The smallest absolute Gasteiger partial charge is 0.00586 e. The Kier molecular flexibility index (Phi) is 3.67. The van der Waals surface area contributed by atoms with Crippen molar-refractivity contribution in [2.24, 2.45) is 0 Å². The second kappa shape index (κ2) is 5.58. The molecule has 0 N–H and O–H groups in total. The molecule has 4 aromatic carbocycles. The lowest BCUT2D eigenvalue weighted by Crippen LogP contribution is -2.23. The van der Waals surface area contributed by atoms with Crippen LogP contribution >= 0.6 is 0 Å². The van der Waals surface area contributed by atoms with Gasteiger partial charge in [0.2, 0.25) is 0 Å². The molecular formula is C26H28. The lowest BCUT2D eigenvalue weighted by atomic mass is 9.70. The van der Waals surface area contributed by atoms with E-state index in [-0.39, 0.29) is 10.8 Å². The molecule has 0 atom stereocenters. The predicted octanol–water partition coefficient (Wildman–Crippen LogP) is 7.74. The maximum atomic E-state index is 2.35. The fourth-order valence-corrected chi connectivity index (χ4v) is 4.49. The first kappa shape index (κ1) is 17.1. The average molecular weight is 341 g/mol. The van der Waals surface area contributed by atoms with Crippen molar-refractivity contribution in [3.05, 3.63) is 71.8 Å². The summed E-state index contributed by atoms with van der Waals surface area (Å²) in [6.07, 6.45) is 0. The molecule has 0 radical (unpaired) electrons. The van der Waals surface area contributed by atoms with Crippen molar-refractivity contribution < 1.29 is 0 Å². The predicted molar refractivity (Wildman–Crippen MR) is 116 cm³/mol. The Morgan fingerprint density at radius 3 is 1.62 bits per heavy atom. The van der Waals surface area contributed by atoms with E-state index >= 15 is 0 Å². The minimum Gasteiger partial charge on any atom is -0.0616 e. The first-order valence-electron chi connectivity index (χ1n) is 9.57. The van der Waals surface area contributed by atoms with Gasteiger partial charge in [-0.3, -0.25) is 0 Å². The van der Waals surface area contributed by atoms with Crippen LogP contribution in [-0.2, 0) is 10.8 Å². The van der Waals surface area contributed by atoms with Crippen LogP contribution in [0.1, 0.15) is 52.7 Å². The van der Waals surface area contributed by atoms with E-state index in [2.05, 4.69) is 102 Å². The van der Waals surface area contributed by atoms with Crippen LogP contribution in [0.15, 0.2) is 60.7 Å². The number of rotatable bonds is 0. The van der Waals surface area contributed by atoms with Gasteiger partial charge in [-0.05, 0) is 54.3 Å². The molecule has 0 spiro atoms. The van der Waals surface area contributed by atoms with Gasteiger partial charge in [0.05, 0.1) is 0 Å². The fraction of sp³-hybridized carbons (Fsp3) is 0.308. The number of benzene rings is 4. The summed E-state index contributed by atoms with van der Waals surface area (Å²) >= 11 is 0. The molecule has 0 heteroatoms. The van der Waals surface area contributed by atoms with E-state index in [0.717, 1.165) is 0 Å². The summed E-state index contributed by atoms with van der Waals surface area (Å²) in [5.41, 5.74) is 3.13.